The van der Waals surface area contributed by atoms with Crippen molar-refractivity contribution in [2.24, 2.45) is 17.8 Å². The normalized spacial score (nSPS) is 15.3. The van der Waals surface area contributed by atoms with E-state index in [1.165, 1.54) is 0 Å². The zero-order valence-electron chi connectivity index (χ0n) is 22.2. The largest absolute Gasteiger partial charge is 0.466 e. The van der Waals surface area contributed by atoms with Gasteiger partial charge in [0.2, 0.25) is 0 Å². The zero-order valence-corrected chi connectivity index (χ0v) is 24.7. The van der Waals surface area contributed by atoms with Crippen LogP contribution in [0, 0.1) is 17.8 Å². The second-order valence-corrected chi connectivity index (χ2v) is 12.7. The molecular formula is C20H41ClO15P2. The summed E-state index contributed by atoms with van der Waals surface area (Å²) in [5, 5.41) is 35.1. The first-order valence-corrected chi connectivity index (χ1v) is 16.4. The van der Waals surface area contributed by atoms with E-state index in [9.17, 15) is 23.5 Å². The minimum absolute atomic E-state index is 0.146. The summed E-state index contributed by atoms with van der Waals surface area (Å²) < 4.78 is 45.7. The molecule has 0 bridgehead atoms. The highest BCUT2D eigenvalue weighted by Gasteiger charge is 2.28. The lowest BCUT2D eigenvalue weighted by atomic mass is 10.2. The molecule has 228 valence electrons. The summed E-state index contributed by atoms with van der Waals surface area (Å²) in [4.78, 5) is 41.5. The van der Waals surface area contributed by atoms with E-state index in [1.54, 1.807) is 20.8 Å². The highest BCUT2D eigenvalue weighted by molar-refractivity contribution is 7.83. The number of rotatable bonds is 16. The maximum absolute atomic E-state index is 12.1. The van der Waals surface area contributed by atoms with Crippen LogP contribution < -0.4 is 0 Å². The van der Waals surface area contributed by atoms with Crippen LogP contribution in [0.25, 0.3) is 0 Å². The third-order valence-corrected chi connectivity index (χ3v) is 5.00. The molecule has 0 spiro atoms. The molecular weight excluding hydrogens is 578 g/mol. The maximum Gasteiger partial charge on any atom is 0.327 e. The van der Waals surface area contributed by atoms with Gasteiger partial charge in [-0.2, -0.15) is 0 Å². The summed E-state index contributed by atoms with van der Waals surface area (Å²) in [6.07, 6.45) is 0. The lowest BCUT2D eigenvalue weighted by molar-refractivity contribution is -0.152. The smallest absolute Gasteiger partial charge is 0.327 e. The number of carbonyl (C=O) groups is 3. The van der Waals surface area contributed by atoms with Gasteiger partial charge in [-0.15, -0.1) is 0 Å². The van der Waals surface area contributed by atoms with Crippen molar-refractivity contribution in [3.63, 3.8) is 0 Å². The van der Waals surface area contributed by atoms with Gasteiger partial charge in [0.15, 0.2) is 0 Å². The molecule has 0 fully saturated rings. The number of ether oxygens (including phenoxy) is 3. The molecule has 38 heavy (non-hydrogen) atoms. The van der Waals surface area contributed by atoms with Gasteiger partial charge in [-0.05, 0) is 32.0 Å². The third-order valence-electron chi connectivity index (χ3n) is 3.76. The SMILES string of the molecule is CCOC(=O)C(CO)CO.CCOC(=O)C(CO)COP(C)(=O)OCC(CO)C(=O)OCC.CP(=O)(O)Cl. The first-order valence-electron chi connectivity index (χ1n) is 11.4. The molecule has 0 radical (unpaired) electrons. The molecule has 5 N–H and O–H groups in total. The predicted octanol–water partition coefficient (Wildman–Crippen LogP) is 0.376. The number of halogens is 1. The lowest BCUT2D eigenvalue weighted by Gasteiger charge is -2.19. The molecule has 18 heteroatoms. The zero-order chi connectivity index (χ0) is 30.4. The van der Waals surface area contributed by atoms with Crippen LogP contribution in [0.4, 0.5) is 0 Å². The van der Waals surface area contributed by atoms with Crippen LogP contribution in [-0.4, -0.2) is 116 Å². The summed E-state index contributed by atoms with van der Waals surface area (Å²) in [6, 6.07) is 0. The van der Waals surface area contributed by atoms with Gasteiger partial charge in [0.05, 0.1) is 59.5 Å². The van der Waals surface area contributed by atoms with Crippen LogP contribution in [0.5, 0.6) is 0 Å². The van der Waals surface area contributed by atoms with E-state index in [-0.39, 0.29) is 46.2 Å². The highest BCUT2D eigenvalue weighted by Crippen LogP contribution is 2.44. The van der Waals surface area contributed by atoms with Crippen LogP contribution in [0.15, 0.2) is 0 Å². The number of esters is 3. The van der Waals surface area contributed by atoms with Crippen molar-refractivity contribution in [3.8, 4) is 0 Å². The van der Waals surface area contributed by atoms with Gasteiger partial charge in [-0.3, -0.25) is 23.5 Å². The second-order valence-electron chi connectivity index (χ2n) is 7.22. The molecule has 0 aliphatic carbocycles. The van der Waals surface area contributed by atoms with Gasteiger partial charge in [0.1, 0.15) is 17.8 Å². The fourth-order valence-electron chi connectivity index (χ4n) is 1.87. The minimum Gasteiger partial charge on any atom is -0.466 e. The summed E-state index contributed by atoms with van der Waals surface area (Å²) >= 11 is 4.64. The number of aliphatic hydroxyl groups excluding tert-OH is 4. The molecule has 0 saturated carbocycles. The lowest BCUT2D eigenvalue weighted by Crippen LogP contribution is -2.27. The molecule has 0 amide bonds. The van der Waals surface area contributed by atoms with Crippen molar-refractivity contribution >= 4 is 43.5 Å². The molecule has 0 aromatic rings. The summed E-state index contributed by atoms with van der Waals surface area (Å²) in [5.41, 5.74) is 0. The van der Waals surface area contributed by atoms with Gasteiger partial charge in [0.25, 0.3) is 6.72 Å². The van der Waals surface area contributed by atoms with Crippen LogP contribution in [0.2, 0.25) is 0 Å². The van der Waals surface area contributed by atoms with Gasteiger partial charge >= 0.3 is 25.5 Å². The highest BCUT2D eigenvalue weighted by atomic mass is 35.7. The Labute approximate surface area is 227 Å². The molecule has 3 unspecified atom stereocenters. The molecule has 3 atom stereocenters. The Morgan fingerprint density at radius 2 is 0.895 bits per heavy atom. The molecule has 0 saturated heterocycles. The number of carbonyl (C=O) groups excluding carboxylic acids is 3. The molecule has 0 heterocycles. The first kappa shape index (κ1) is 41.4. The van der Waals surface area contributed by atoms with Crippen LogP contribution >= 0.6 is 25.6 Å². The van der Waals surface area contributed by atoms with Crippen molar-refractivity contribution in [1.29, 1.82) is 0 Å². The first-order chi connectivity index (χ1) is 17.6. The molecule has 0 rings (SSSR count). The average molecular weight is 619 g/mol. The van der Waals surface area contributed by atoms with E-state index in [1.807, 2.05) is 0 Å². The van der Waals surface area contributed by atoms with Crippen molar-refractivity contribution in [1.82, 2.24) is 0 Å². The Morgan fingerprint density at radius 1 is 0.658 bits per heavy atom. The third kappa shape index (κ3) is 25.2. The van der Waals surface area contributed by atoms with Gasteiger partial charge in [-0.1, -0.05) is 0 Å². The van der Waals surface area contributed by atoms with E-state index in [0.29, 0.717) is 0 Å². The molecule has 0 aliphatic rings. The Bertz CT molecular complexity index is 700. The van der Waals surface area contributed by atoms with E-state index in [2.05, 4.69) is 16.0 Å². The van der Waals surface area contributed by atoms with Crippen LogP contribution in [-0.2, 0) is 46.8 Å². The van der Waals surface area contributed by atoms with Crippen molar-refractivity contribution in [3.05, 3.63) is 0 Å². The predicted molar refractivity (Wildman–Crippen MR) is 136 cm³/mol. The fourth-order valence-corrected chi connectivity index (χ4v) is 2.84. The number of aliphatic hydroxyl groups is 4. The van der Waals surface area contributed by atoms with Crippen LogP contribution in [0.3, 0.4) is 0 Å². The monoisotopic (exact) mass is 618 g/mol. The van der Waals surface area contributed by atoms with Gasteiger partial charge in [0, 0.05) is 13.3 Å². The van der Waals surface area contributed by atoms with E-state index in [4.69, 9.17) is 43.8 Å². The van der Waals surface area contributed by atoms with E-state index in [0.717, 1.165) is 13.3 Å². The van der Waals surface area contributed by atoms with Crippen molar-refractivity contribution < 1.29 is 72.1 Å². The molecule has 15 nitrogen and oxygen atoms in total. The fraction of sp³-hybridized carbons (Fsp3) is 0.850. The number of hydrogen-bond acceptors (Lipinski definition) is 14. The Balaban J connectivity index is -0.000000668. The van der Waals surface area contributed by atoms with Crippen molar-refractivity contribution in [2.75, 3.05) is 72.8 Å². The number of hydrogen-bond donors (Lipinski definition) is 5. The summed E-state index contributed by atoms with van der Waals surface area (Å²) in [7, 11) is -3.58. The quantitative estimate of drug-likeness (QED) is 0.0893. The minimum atomic E-state index is -3.58. The molecule has 0 aromatic carbocycles. The summed E-state index contributed by atoms with van der Waals surface area (Å²) in [6.45, 7) is 2.03. The average Bonchev–Trinajstić information content (AvgIpc) is 2.80. The Hall–Kier alpha value is -1.12. The van der Waals surface area contributed by atoms with E-state index < -0.39 is 63.2 Å². The topological polar surface area (TPSA) is 233 Å². The van der Waals surface area contributed by atoms with Crippen molar-refractivity contribution in [2.45, 2.75) is 20.8 Å². The standard InChI is InChI=1S/C13H25O9P.C6H12O4.CH4ClO2P/c1-4-19-12(16)10(6-14)8-21-23(3,18)22-9-11(7-15)13(17)20-5-2;1-2-10-6(9)5(3-7)4-8;1-5(2,3)4/h10-11,14-15H,4-9H2,1-3H3;5,7-8H,2-4H2,1H3;1H3,(H,3,4). The Kier molecular flexibility index (Phi) is 25.8. The van der Waals surface area contributed by atoms with E-state index >= 15 is 0 Å². The Morgan fingerprint density at radius 3 is 1.11 bits per heavy atom. The maximum atomic E-state index is 12.1. The molecule has 0 aliphatic heterocycles. The van der Waals surface area contributed by atoms with Gasteiger partial charge in [-0.25, -0.2) is 0 Å². The summed E-state index contributed by atoms with van der Waals surface area (Å²) in [5.74, 6) is -4.63. The van der Waals surface area contributed by atoms with Gasteiger partial charge < -0.3 is 48.6 Å². The molecule has 0 aromatic heterocycles. The van der Waals surface area contributed by atoms with Crippen LogP contribution in [0.1, 0.15) is 20.8 Å². The second kappa shape index (κ2) is 23.7.